The third kappa shape index (κ3) is 3.85. The summed E-state index contributed by atoms with van der Waals surface area (Å²) in [5.41, 5.74) is 1.21. The van der Waals surface area contributed by atoms with Crippen molar-refractivity contribution < 1.29 is 14.2 Å². The van der Waals surface area contributed by atoms with Gasteiger partial charge in [-0.15, -0.1) is 0 Å². The van der Waals surface area contributed by atoms with Gasteiger partial charge in [-0.3, -0.25) is 0 Å². The summed E-state index contributed by atoms with van der Waals surface area (Å²) < 4.78 is 16.2. The van der Waals surface area contributed by atoms with E-state index in [2.05, 4.69) is 18.3 Å². The lowest BCUT2D eigenvalue weighted by Gasteiger charge is -2.29. The largest absolute Gasteiger partial charge is 0.497 e. The summed E-state index contributed by atoms with van der Waals surface area (Å²) in [6.45, 7) is 3.76. The first kappa shape index (κ1) is 14.2. The van der Waals surface area contributed by atoms with Crippen LogP contribution in [-0.4, -0.2) is 39.5 Å². The van der Waals surface area contributed by atoms with Crippen LogP contribution < -0.4 is 14.8 Å². The highest BCUT2D eigenvalue weighted by molar-refractivity contribution is 5.40. The van der Waals surface area contributed by atoms with E-state index in [0.29, 0.717) is 12.1 Å². The number of hydrogen-bond donors (Lipinski definition) is 1. The minimum atomic E-state index is 0.426. The molecule has 1 aromatic carbocycles. The van der Waals surface area contributed by atoms with Crippen molar-refractivity contribution >= 4 is 0 Å². The molecule has 1 fully saturated rings. The minimum absolute atomic E-state index is 0.426. The number of nitrogens with one attached hydrogen (secondary N) is 1. The highest BCUT2D eigenvalue weighted by atomic mass is 16.5. The Bertz CT molecular complexity index is 408. The number of morpholine rings is 1. The molecule has 0 bridgehead atoms. The molecule has 4 heteroatoms. The molecule has 0 aromatic heterocycles. The number of rotatable bonds is 5. The molecule has 0 amide bonds. The van der Waals surface area contributed by atoms with E-state index in [9.17, 15) is 0 Å². The van der Waals surface area contributed by atoms with Crippen LogP contribution in [0, 0.1) is 0 Å². The highest BCUT2D eigenvalue weighted by Crippen LogP contribution is 2.26. The summed E-state index contributed by atoms with van der Waals surface area (Å²) in [5.74, 6) is 1.72. The van der Waals surface area contributed by atoms with E-state index < -0.39 is 0 Å². The van der Waals surface area contributed by atoms with Gasteiger partial charge in [0.25, 0.3) is 0 Å². The van der Waals surface area contributed by atoms with Crippen LogP contribution in [0.2, 0.25) is 0 Å². The molecule has 2 rings (SSSR count). The quantitative estimate of drug-likeness (QED) is 0.884. The summed E-state index contributed by atoms with van der Waals surface area (Å²) in [7, 11) is 3.36. The minimum Gasteiger partial charge on any atom is -0.497 e. The van der Waals surface area contributed by atoms with E-state index in [-0.39, 0.29) is 0 Å². The van der Waals surface area contributed by atoms with Crippen LogP contribution in [0.1, 0.15) is 18.9 Å². The van der Waals surface area contributed by atoms with Gasteiger partial charge >= 0.3 is 0 Å². The zero-order chi connectivity index (χ0) is 13.7. The van der Waals surface area contributed by atoms with Gasteiger partial charge in [0.05, 0.1) is 27.4 Å². The molecule has 4 nitrogen and oxygen atoms in total. The van der Waals surface area contributed by atoms with Gasteiger partial charge in [-0.25, -0.2) is 0 Å². The molecule has 0 aliphatic carbocycles. The average Bonchev–Trinajstić information content (AvgIpc) is 2.45. The third-order valence-electron chi connectivity index (χ3n) is 3.46. The fourth-order valence-electron chi connectivity index (χ4n) is 2.44. The smallest absolute Gasteiger partial charge is 0.125 e. The fraction of sp³-hybridized carbons (Fsp3) is 0.600. The van der Waals surface area contributed by atoms with E-state index in [1.54, 1.807) is 14.2 Å². The SMILES string of the molecule is COc1ccc(CCC2COCC(C)N2)c(OC)c1. The molecule has 0 radical (unpaired) electrons. The van der Waals surface area contributed by atoms with Crippen LogP contribution in [0.3, 0.4) is 0 Å². The van der Waals surface area contributed by atoms with E-state index in [0.717, 1.165) is 37.6 Å². The third-order valence-corrected chi connectivity index (χ3v) is 3.46. The number of methoxy groups -OCH3 is 2. The first-order valence-electron chi connectivity index (χ1n) is 6.77. The van der Waals surface area contributed by atoms with E-state index in [1.807, 2.05) is 12.1 Å². The lowest BCUT2D eigenvalue weighted by atomic mass is 10.0. The van der Waals surface area contributed by atoms with Crippen LogP contribution in [0.15, 0.2) is 18.2 Å². The van der Waals surface area contributed by atoms with Gasteiger partial charge in [-0.2, -0.15) is 0 Å². The predicted octanol–water partition coefficient (Wildman–Crippen LogP) is 2.01. The lowest BCUT2D eigenvalue weighted by molar-refractivity contribution is 0.0483. The number of ether oxygens (including phenoxy) is 3. The molecule has 1 saturated heterocycles. The first-order valence-corrected chi connectivity index (χ1v) is 6.77. The van der Waals surface area contributed by atoms with Crippen molar-refractivity contribution in [2.45, 2.75) is 31.8 Å². The zero-order valence-electron chi connectivity index (χ0n) is 11.9. The van der Waals surface area contributed by atoms with E-state index in [1.165, 1.54) is 5.56 Å². The summed E-state index contributed by atoms with van der Waals surface area (Å²) in [5, 5.41) is 3.56. The maximum absolute atomic E-state index is 5.56. The molecule has 1 heterocycles. The Kier molecular flexibility index (Phi) is 5.05. The van der Waals surface area contributed by atoms with Gasteiger partial charge in [0, 0.05) is 18.2 Å². The molecule has 1 aromatic rings. The Morgan fingerprint density at radius 3 is 2.79 bits per heavy atom. The standard InChI is InChI=1S/C15H23NO3/c1-11-9-19-10-13(16-11)6-4-12-5-7-14(17-2)8-15(12)18-3/h5,7-8,11,13,16H,4,6,9-10H2,1-3H3. The second kappa shape index (κ2) is 6.78. The van der Waals surface area contributed by atoms with Gasteiger partial charge in [0.2, 0.25) is 0 Å². The van der Waals surface area contributed by atoms with Crippen LogP contribution in [0.4, 0.5) is 0 Å². The second-order valence-electron chi connectivity index (χ2n) is 5.02. The normalized spacial score (nSPS) is 23.1. The van der Waals surface area contributed by atoms with Gasteiger partial charge in [-0.05, 0) is 31.4 Å². The van der Waals surface area contributed by atoms with Crippen molar-refractivity contribution in [2.24, 2.45) is 0 Å². The van der Waals surface area contributed by atoms with Gasteiger partial charge in [0.1, 0.15) is 11.5 Å². The van der Waals surface area contributed by atoms with Crippen molar-refractivity contribution in [1.29, 1.82) is 0 Å². The van der Waals surface area contributed by atoms with E-state index in [4.69, 9.17) is 14.2 Å². The Labute approximate surface area is 115 Å². The highest BCUT2D eigenvalue weighted by Gasteiger charge is 2.18. The summed E-state index contributed by atoms with van der Waals surface area (Å²) in [4.78, 5) is 0. The molecular formula is C15H23NO3. The Morgan fingerprint density at radius 2 is 2.11 bits per heavy atom. The Hall–Kier alpha value is -1.26. The Balaban J connectivity index is 1.95. The molecule has 0 saturated carbocycles. The molecule has 1 aliphatic heterocycles. The second-order valence-corrected chi connectivity index (χ2v) is 5.02. The van der Waals surface area contributed by atoms with Gasteiger partial charge in [-0.1, -0.05) is 6.07 Å². The fourth-order valence-corrected chi connectivity index (χ4v) is 2.44. The maximum atomic E-state index is 5.56. The van der Waals surface area contributed by atoms with Gasteiger partial charge in [0.15, 0.2) is 0 Å². The molecule has 1 N–H and O–H groups in total. The number of aryl methyl sites for hydroxylation is 1. The molecular weight excluding hydrogens is 242 g/mol. The van der Waals surface area contributed by atoms with Crippen LogP contribution >= 0.6 is 0 Å². The molecule has 2 unspecified atom stereocenters. The summed E-state index contributed by atoms with van der Waals surface area (Å²) in [6.07, 6.45) is 2.02. The monoisotopic (exact) mass is 265 g/mol. The predicted molar refractivity (Wildman–Crippen MR) is 75.1 cm³/mol. The molecule has 2 atom stereocenters. The lowest BCUT2D eigenvalue weighted by Crippen LogP contribution is -2.47. The zero-order valence-corrected chi connectivity index (χ0v) is 11.9. The number of hydrogen-bond acceptors (Lipinski definition) is 4. The summed E-state index contributed by atoms with van der Waals surface area (Å²) >= 11 is 0. The first-order chi connectivity index (χ1) is 9.22. The molecule has 0 spiro atoms. The van der Waals surface area contributed by atoms with Crippen molar-refractivity contribution in [2.75, 3.05) is 27.4 Å². The van der Waals surface area contributed by atoms with Crippen LogP contribution in [0.25, 0.3) is 0 Å². The van der Waals surface area contributed by atoms with Crippen LogP contribution in [-0.2, 0) is 11.2 Å². The molecule has 19 heavy (non-hydrogen) atoms. The maximum Gasteiger partial charge on any atom is 0.125 e. The topological polar surface area (TPSA) is 39.7 Å². The molecule has 106 valence electrons. The van der Waals surface area contributed by atoms with Crippen molar-refractivity contribution in [3.63, 3.8) is 0 Å². The van der Waals surface area contributed by atoms with Crippen molar-refractivity contribution in [3.8, 4) is 11.5 Å². The van der Waals surface area contributed by atoms with Crippen molar-refractivity contribution in [1.82, 2.24) is 5.32 Å². The number of benzene rings is 1. The average molecular weight is 265 g/mol. The molecule has 1 aliphatic rings. The van der Waals surface area contributed by atoms with E-state index >= 15 is 0 Å². The Morgan fingerprint density at radius 1 is 1.26 bits per heavy atom. The van der Waals surface area contributed by atoms with Gasteiger partial charge < -0.3 is 19.5 Å². The van der Waals surface area contributed by atoms with Crippen LogP contribution in [0.5, 0.6) is 11.5 Å². The summed E-state index contributed by atoms with van der Waals surface area (Å²) in [6, 6.07) is 6.85. The van der Waals surface area contributed by atoms with Crippen molar-refractivity contribution in [3.05, 3.63) is 23.8 Å².